The Labute approximate surface area is 178 Å². The summed E-state index contributed by atoms with van der Waals surface area (Å²) in [7, 11) is 2.18. The summed E-state index contributed by atoms with van der Waals surface area (Å²) < 4.78 is 15.3. The van der Waals surface area contributed by atoms with Crippen molar-refractivity contribution in [3.05, 3.63) is 71.7 Å². The first-order valence-electron chi connectivity index (χ1n) is 10.6. The number of nitrogens with one attached hydrogen (secondary N) is 1. The molecule has 2 heterocycles. The highest BCUT2D eigenvalue weighted by molar-refractivity contribution is 5.64. The molecular formula is C24H30FN5. The van der Waals surface area contributed by atoms with Crippen LogP contribution in [0, 0.1) is 12.7 Å². The number of hydrogen-bond donors (Lipinski definition) is 1. The first-order chi connectivity index (χ1) is 14.6. The number of halogens is 1. The third-order valence-corrected chi connectivity index (χ3v) is 5.86. The molecule has 0 atom stereocenters. The van der Waals surface area contributed by atoms with Crippen LogP contribution >= 0.6 is 0 Å². The van der Waals surface area contributed by atoms with E-state index in [0.29, 0.717) is 0 Å². The topological polar surface area (TPSA) is 36.3 Å². The Balaban J connectivity index is 1.51. The van der Waals surface area contributed by atoms with Crippen LogP contribution in [-0.2, 0) is 6.54 Å². The van der Waals surface area contributed by atoms with Gasteiger partial charge in [-0.25, -0.2) is 9.07 Å². The number of hydrogen-bond acceptors (Lipinski definition) is 4. The van der Waals surface area contributed by atoms with E-state index in [4.69, 9.17) is 5.10 Å². The molecule has 2 aromatic carbocycles. The Morgan fingerprint density at radius 3 is 2.37 bits per heavy atom. The van der Waals surface area contributed by atoms with Crippen molar-refractivity contribution in [1.29, 1.82) is 0 Å². The molecule has 0 unspecified atom stereocenters. The van der Waals surface area contributed by atoms with Gasteiger partial charge in [0, 0.05) is 62.6 Å². The van der Waals surface area contributed by atoms with E-state index in [0.717, 1.165) is 68.5 Å². The zero-order chi connectivity index (χ0) is 20.9. The molecule has 6 heteroatoms. The lowest BCUT2D eigenvalue weighted by Gasteiger charge is -2.32. The van der Waals surface area contributed by atoms with Crippen molar-refractivity contribution in [2.45, 2.75) is 13.5 Å². The van der Waals surface area contributed by atoms with Crippen molar-refractivity contribution in [2.24, 2.45) is 0 Å². The number of likely N-dealkylation sites (N-methyl/N-ethyl adjacent to an activating group) is 1. The zero-order valence-electron chi connectivity index (χ0n) is 17.8. The lowest BCUT2D eigenvalue weighted by molar-refractivity contribution is 0.154. The summed E-state index contributed by atoms with van der Waals surface area (Å²) in [5.41, 5.74) is 5.20. The quantitative estimate of drug-likeness (QED) is 0.610. The molecule has 0 amide bonds. The van der Waals surface area contributed by atoms with Crippen molar-refractivity contribution in [3.8, 4) is 16.9 Å². The third kappa shape index (κ3) is 4.78. The van der Waals surface area contributed by atoms with Crippen molar-refractivity contribution < 1.29 is 4.39 Å². The molecule has 0 spiro atoms. The predicted molar refractivity (Wildman–Crippen MR) is 119 cm³/mol. The highest BCUT2D eigenvalue weighted by Crippen LogP contribution is 2.27. The van der Waals surface area contributed by atoms with Gasteiger partial charge in [-0.3, -0.25) is 4.90 Å². The highest BCUT2D eigenvalue weighted by Gasteiger charge is 2.18. The molecule has 4 rings (SSSR count). The van der Waals surface area contributed by atoms with Crippen LogP contribution in [0.15, 0.2) is 54.6 Å². The van der Waals surface area contributed by atoms with E-state index in [9.17, 15) is 4.39 Å². The highest BCUT2D eigenvalue weighted by atomic mass is 19.1. The molecular weight excluding hydrogens is 377 g/mol. The van der Waals surface area contributed by atoms with Crippen LogP contribution in [0.3, 0.4) is 0 Å². The SMILES string of the molecule is Cc1c(CNCCN2CCN(C)CC2)c(-c2ccccc2)nn1-c1ccc(F)cc1. The van der Waals surface area contributed by atoms with Gasteiger partial charge in [-0.15, -0.1) is 0 Å². The maximum atomic E-state index is 13.4. The van der Waals surface area contributed by atoms with Crippen molar-refractivity contribution in [3.63, 3.8) is 0 Å². The first-order valence-corrected chi connectivity index (χ1v) is 10.6. The maximum absolute atomic E-state index is 13.4. The molecule has 1 aliphatic heterocycles. The molecule has 0 saturated carbocycles. The normalized spacial score (nSPS) is 15.6. The van der Waals surface area contributed by atoms with E-state index in [1.54, 1.807) is 12.1 Å². The Morgan fingerprint density at radius 2 is 1.67 bits per heavy atom. The fourth-order valence-electron chi connectivity index (χ4n) is 3.93. The van der Waals surface area contributed by atoms with Crippen LogP contribution in [0.25, 0.3) is 16.9 Å². The summed E-state index contributed by atoms with van der Waals surface area (Å²) in [6, 6.07) is 16.8. The molecule has 1 N–H and O–H groups in total. The van der Waals surface area contributed by atoms with Crippen molar-refractivity contribution in [1.82, 2.24) is 24.9 Å². The van der Waals surface area contributed by atoms with Gasteiger partial charge in [0.15, 0.2) is 0 Å². The second-order valence-corrected chi connectivity index (χ2v) is 7.99. The van der Waals surface area contributed by atoms with Crippen LogP contribution in [0.4, 0.5) is 4.39 Å². The fraction of sp³-hybridized carbons (Fsp3) is 0.375. The summed E-state index contributed by atoms with van der Waals surface area (Å²) in [6.07, 6.45) is 0. The van der Waals surface area contributed by atoms with Crippen LogP contribution < -0.4 is 5.32 Å². The van der Waals surface area contributed by atoms with Crippen molar-refractivity contribution in [2.75, 3.05) is 46.3 Å². The third-order valence-electron chi connectivity index (χ3n) is 5.86. The van der Waals surface area contributed by atoms with Gasteiger partial charge in [0.2, 0.25) is 0 Å². The van der Waals surface area contributed by atoms with Crippen LogP contribution in [0.2, 0.25) is 0 Å². The smallest absolute Gasteiger partial charge is 0.123 e. The minimum Gasteiger partial charge on any atom is -0.311 e. The maximum Gasteiger partial charge on any atom is 0.123 e. The number of piperazine rings is 1. The Morgan fingerprint density at radius 1 is 0.967 bits per heavy atom. The molecule has 1 fully saturated rings. The lowest BCUT2D eigenvalue weighted by Crippen LogP contribution is -2.46. The molecule has 158 valence electrons. The van der Waals surface area contributed by atoms with Crippen LogP contribution in [0.5, 0.6) is 0 Å². The van der Waals surface area contributed by atoms with Crippen LogP contribution in [0.1, 0.15) is 11.3 Å². The minimum atomic E-state index is -0.238. The van der Waals surface area contributed by atoms with Gasteiger partial charge >= 0.3 is 0 Å². The Bertz CT molecular complexity index is 944. The summed E-state index contributed by atoms with van der Waals surface area (Å²) >= 11 is 0. The second-order valence-electron chi connectivity index (χ2n) is 7.99. The molecule has 0 radical (unpaired) electrons. The second kappa shape index (κ2) is 9.51. The minimum absolute atomic E-state index is 0.238. The Kier molecular flexibility index (Phi) is 6.57. The zero-order valence-corrected chi connectivity index (χ0v) is 17.8. The van der Waals surface area contributed by atoms with Gasteiger partial charge in [0.1, 0.15) is 5.82 Å². The summed E-state index contributed by atoms with van der Waals surface area (Å²) in [5.74, 6) is -0.238. The van der Waals surface area contributed by atoms with Gasteiger partial charge in [-0.2, -0.15) is 5.10 Å². The number of rotatable bonds is 7. The van der Waals surface area contributed by atoms with E-state index in [1.807, 2.05) is 22.9 Å². The number of nitrogens with zero attached hydrogens (tertiary/aromatic N) is 4. The van der Waals surface area contributed by atoms with Crippen LogP contribution in [-0.4, -0.2) is 65.9 Å². The molecule has 3 aromatic rings. The number of benzene rings is 2. The number of aromatic nitrogens is 2. The molecule has 0 bridgehead atoms. The van der Waals surface area contributed by atoms with Gasteiger partial charge in [0.25, 0.3) is 0 Å². The molecule has 1 aliphatic rings. The van der Waals surface area contributed by atoms with Gasteiger partial charge in [-0.1, -0.05) is 30.3 Å². The van der Waals surface area contributed by atoms with E-state index in [2.05, 4.69) is 41.2 Å². The van der Waals surface area contributed by atoms with Gasteiger partial charge in [-0.05, 0) is 38.2 Å². The molecule has 5 nitrogen and oxygen atoms in total. The van der Waals surface area contributed by atoms with E-state index in [1.165, 1.54) is 17.7 Å². The Hall–Kier alpha value is -2.54. The molecule has 1 saturated heterocycles. The van der Waals surface area contributed by atoms with E-state index >= 15 is 0 Å². The average molecular weight is 408 g/mol. The van der Waals surface area contributed by atoms with E-state index in [-0.39, 0.29) is 5.82 Å². The molecule has 30 heavy (non-hydrogen) atoms. The van der Waals surface area contributed by atoms with Gasteiger partial charge < -0.3 is 10.2 Å². The fourth-order valence-corrected chi connectivity index (χ4v) is 3.93. The standard InChI is InChI=1S/C24H30FN5/c1-19-23(18-26-12-13-29-16-14-28(2)15-17-29)24(20-6-4-3-5-7-20)27-30(19)22-10-8-21(25)9-11-22/h3-11,26H,12-18H2,1-2H3. The summed E-state index contributed by atoms with van der Waals surface area (Å²) in [4.78, 5) is 4.89. The van der Waals surface area contributed by atoms with Gasteiger partial charge in [0.05, 0.1) is 11.4 Å². The first kappa shape index (κ1) is 20.7. The molecule has 1 aromatic heterocycles. The predicted octanol–water partition coefficient (Wildman–Crippen LogP) is 3.32. The summed E-state index contributed by atoms with van der Waals surface area (Å²) in [5, 5.41) is 8.51. The van der Waals surface area contributed by atoms with E-state index < -0.39 is 0 Å². The summed E-state index contributed by atoms with van der Waals surface area (Å²) in [6.45, 7) is 9.39. The largest absolute Gasteiger partial charge is 0.311 e. The molecule has 0 aliphatic carbocycles. The lowest BCUT2D eigenvalue weighted by atomic mass is 10.1. The van der Waals surface area contributed by atoms with Crippen molar-refractivity contribution >= 4 is 0 Å². The average Bonchev–Trinajstić information content (AvgIpc) is 3.10. The monoisotopic (exact) mass is 407 g/mol.